The molecule has 0 fully saturated rings. The van der Waals surface area contributed by atoms with E-state index in [9.17, 15) is 9.59 Å². The van der Waals surface area contributed by atoms with E-state index >= 15 is 0 Å². The first-order valence-corrected chi connectivity index (χ1v) is 6.09. The number of amides is 1. The fourth-order valence-corrected chi connectivity index (χ4v) is 2.06. The third-order valence-corrected chi connectivity index (χ3v) is 2.96. The number of nitrogens with one attached hydrogen (secondary N) is 3. The van der Waals surface area contributed by atoms with E-state index in [1.54, 1.807) is 0 Å². The van der Waals surface area contributed by atoms with Gasteiger partial charge in [-0.05, 0) is 31.2 Å². The number of aryl methyl sites for hydroxylation is 1. The number of aromatic nitrogens is 3. The largest absolute Gasteiger partial charge is 0.359 e. The maximum atomic E-state index is 12.1. The summed E-state index contributed by atoms with van der Waals surface area (Å²) >= 11 is 0. The molecular weight excluding hydrogens is 256 g/mol. The molecule has 0 saturated carbocycles. The summed E-state index contributed by atoms with van der Waals surface area (Å²) in [6, 6.07) is 10.2. The molecule has 0 unspecified atom stereocenters. The van der Waals surface area contributed by atoms with E-state index in [0.29, 0.717) is 5.69 Å². The lowest BCUT2D eigenvalue weighted by molar-refractivity contribution is 0.102. The van der Waals surface area contributed by atoms with Crippen LogP contribution in [0, 0.1) is 6.92 Å². The lowest BCUT2D eigenvalue weighted by atomic mass is 10.2. The molecule has 6 heteroatoms. The van der Waals surface area contributed by atoms with Crippen molar-refractivity contribution in [2.45, 2.75) is 6.92 Å². The van der Waals surface area contributed by atoms with Gasteiger partial charge in [-0.3, -0.25) is 9.59 Å². The Morgan fingerprint density at radius 2 is 2.10 bits per heavy atom. The van der Waals surface area contributed by atoms with Crippen LogP contribution in [0.4, 0.5) is 5.69 Å². The maximum absolute atomic E-state index is 12.1. The lowest BCUT2D eigenvalue weighted by Gasteiger charge is -2.05. The van der Waals surface area contributed by atoms with Gasteiger partial charge in [0, 0.05) is 22.7 Å². The molecule has 0 spiro atoms. The highest BCUT2D eigenvalue weighted by molar-refractivity contribution is 6.07. The number of hydrogen-bond acceptors (Lipinski definition) is 3. The fraction of sp³-hybridized carbons (Fsp3) is 0.0714. The molecule has 0 aliphatic carbocycles. The van der Waals surface area contributed by atoms with E-state index in [1.807, 2.05) is 31.2 Å². The molecule has 0 bridgehead atoms. The normalized spacial score (nSPS) is 10.7. The average Bonchev–Trinajstić information content (AvgIpc) is 2.81. The van der Waals surface area contributed by atoms with Crippen LogP contribution in [0.5, 0.6) is 0 Å². The van der Waals surface area contributed by atoms with Crippen molar-refractivity contribution in [2.24, 2.45) is 0 Å². The Hall–Kier alpha value is -2.89. The molecule has 0 atom stereocenters. The SMILES string of the molecule is Cc1cc2c(NC(=O)c3ccc(=O)[nH]n3)cccc2[nH]1. The van der Waals surface area contributed by atoms with Crippen LogP contribution >= 0.6 is 0 Å². The van der Waals surface area contributed by atoms with E-state index in [1.165, 1.54) is 12.1 Å². The zero-order valence-electron chi connectivity index (χ0n) is 10.7. The Kier molecular flexibility index (Phi) is 2.83. The summed E-state index contributed by atoms with van der Waals surface area (Å²) in [7, 11) is 0. The predicted octanol–water partition coefficient (Wildman–Crippen LogP) is 1.81. The quantitative estimate of drug-likeness (QED) is 0.662. The molecule has 20 heavy (non-hydrogen) atoms. The van der Waals surface area contributed by atoms with Gasteiger partial charge in [0.25, 0.3) is 11.5 Å². The van der Waals surface area contributed by atoms with Gasteiger partial charge in [-0.25, -0.2) is 5.10 Å². The molecule has 6 nitrogen and oxygen atoms in total. The molecular formula is C14H12N4O2. The summed E-state index contributed by atoms with van der Waals surface area (Å²) in [5, 5.41) is 9.66. The minimum Gasteiger partial charge on any atom is -0.359 e. The minimum atomic E-state index is -0.368. The van der Waals surface area contributed by atoms with E-state index in [4.69, 9.17) is 0 Å². The molecule has 100 valence electrons. The number of rotatable bonds is 2. The van der Waals surface area contributed by atoms with E-state index < -0.39 is 0 Å². The first kappa shape index (κ1) is 12.2. The fourth-order valence-electron chi connectivity index (χ4n) is 2.06. The molecule has 2 heterocycles. The highest BCUT2D eigenvalue weighted by Crippen LogP contribution is 2.24. The van der Waals surface area contributed by atoms with Crippen molar-refractivity contribution in [3.63, 3.8) is 0 Å². The van der Waals surface area contributed by atoms with Crippen molar-refractivity contribution >= 4 is 22.5 Å². The number of carbonyl (C=O) groups is 1. The molecule has 0 aliphatic heterocycles. The van der Waals surface area contributed by atoms with Crippen molar-refractivity contribution in [1.82, 2.24) is 15.2 Å². The standard InChI is InChI=1S/C14H12N4O2/c1-8-7-9-10(15-8)3-2-4-11(9)16-14(20)12-5-6-13(19)18-17-12/h2-7,15H,1H3,(H,16,20)(H,18,19). The second-order valence-corrected chi connectivity index (χ2v) is 4.48. The van der Waals surface area contributed by atoms with Gasteiger partial charge in [0.05, 0.1) is 5.69 Å². The highest BCUT2D eigenvalue weighted by atomic mass is 16.2. The van der Waals surface area contributed by atoms with Gasteiger partial charge >= 0.3 is 0 Å². The predicted molar refractivity (Wildman–Crippen MR) is 75.8 cm³/mol. The summed E-state index contributed by atoms with van der Waals surface area (Å²) in [6.45, 7) is 1.95. The number of hydrogen-bond donors (Lipinski definition) is 3. The number of benzene rings is 1. The van der Waals surface area contributed by atoms with Gasteiger partial charge in [0.2, 0.25) is 0 Å². The van der Waals surface area contributed by atoms with Crippen LogP contribution < -0.4 is 10.9 Å². The summed E-state index contributed by atoms with van der Waals surface area (Å²) in [5.41, 5.74) is 2.49. The van der Waals surface area contributed by atoms with Gasteiger partial charge in [-0.2, -0.15) is 5.10 Å². The smallest absolute Gasteiger partial charge is 0.276 e. The van der Waals surface area contributed by atoms with E-state index in [2.05, 4.69) is 20.5 Å². The van der Waals surface area contributed by atoms with E-state index in [-0.39, 0.29) is 17.2 Å². The average molecular weight is 268 g/mol. The number of anilines is 1. The van der Waals surface area contributed by atoms with E-state index in [0.717, 1.165) is 16.6 Å². The van der Waals surface area contributed by atoms with Crippen LogP contribution in [0.15, 0.2) is 41.2 Å². The van der Waals surface area contributed by atoms with Gasteiger partial charge in [-0.15, -0.1) is 0 Å². The summed E-state index contributed by atoms with van der Waals surface area (Å²) in [5.74, 6) is -0.368. The van der Waals surface area contributed by atoms with Crippen molar-refractivity contribution < 1.29 is 4.79 Å². The van der Waals surface area contributed by atoms with Gasteiger partial charge in [-0.1, -0.05) is 6.07 Å². The molecule has 0 radical (unpaired) electrons. The summed E-state index contributed by atoms with van der Waals surface area (Å²) in [6.07, 6.45) is 0. The zero-order valence-corrected chi connectivity index (χ0v) is 10.7. The van der Waals surface area contributed by atoms with Crippen LogP contribution in [0.3, 0.4) is 0 Å². The van der Waals surface area contributed by atoms with Crippen molar-refractivity contribution in [3.8, 4) is 0 Å². The number of H-pyrrole nitrogens is 2. The van der Waals surface area contributed by atoms with Crippen LogP contribution in [-0.4, -0.2) is 21.1 Å². The Bertz CT molecular complexity index is 827. The number of nitrogens with zero attached hydrogens (tertiary/aromatic N) is 1. The Morgan fingerprint density at radius 3 is 2.85 bits per heavy atom. The molecule has 1 amide bonds. The third kappa shape index (κ3) is 2.18. The molecule has 3 N–H and O–H groups in total. The zero-order chi connectivity index (χ0) is 14.1. The minimum absolute atomic E-state index is 0.161. The molecule has 0 saturated heterocycles. The maximum Gasteiger partial charge on any atom is 0.276 e. The first-order valence-electron chi connectivity index (χ1n) is 6.09. The number of aromatic amines is 2. The van der Waals surface area contributed by atoms with Crippen molar-refractivity contribution in [1.29, 1.82) is 0 Å². The van der Waals surface area contributed by atoms with Gasteiger partial charge in [0.15, 0.2) is 0 Å². The van der Waals surface area contributed by atoms with Crippen molar-refractivity contribution in [3.05, 3.63) is 58.1 Å². The topological polar surface area (TPSA) is 90.6 Å². The Labute approximate surface area is 113 Å². The third-order valence-electron chi connectivity index (χ3n) is 2.96. The second-order valence-electron chi connectivity index (χ2n) is 4.48. The molecule has 1 aromatic carbocycles. The van der Waals surface area contributed by atoms with Gasteiger partial charge in [0.1, 0.15) is 5.69 Å². The van der Waals surface area contributed by atoms with Crippen LogP contribution in [0.25, 0.3) is 10.9 Å². The van der Waals surface area contributed by atoms with Crippen LogP contribution in [0.2, 0.25) is 0 Å². The Morgan fingerprint density at radius 1 is 1.25 bits per heavy atom. The molecule has 3 rings (SSSR count). The van der Waals surface area contributed by atoms with Gasteiger partial charge < -0.3 is 10.3 Å². The molecule has 2 aromatic heterocycles. The van der Waals surface area contributed by atoms with Crippen LogP contribution in [-0.2, 0) is 0 Å². The van der Waals surface area contributed by atoms with Crippen molar-refractivity contribution in [2.75, 3.05) is 5.32 Å². The highest BCUT2D eigenvalue weighted by Gasteiger charge is 2.10. The monoisotopic (exact) mass is 268 g/mol. The lowest BCUT2D eigenvalue weighted by Crippen LogP contribution is -2.17. The Balaban J connectivity index is 1.94. The molecule has 3 aromatic rings. The second kappa shape index (κ2) is 4.65. The summed E-state index contributed by atoms with van der Waals surface area (Å²) < 4.78 is 0. The molecule has 0 aliphatic rings. The van der Waals surface area contributed by atoms with Crippen LogP contribution in [0.1, 0.15) is 16.2 Å². The first-order chi connectivity index (χ1) is 9.63. The number of carbonyl (C=O) groups excluding carboxylic acids is 1. The summed E-state index contributed by atoms with van der Waals surface area (Å²) in [4.78, 5) is 26.2. The number of fused-ring (bicyclic) bond motifs is 1.